The first kappa shape index (κ1) is 40.4. The molecule has 1 aromatic rings. The zero-order valence-corrected chi connectivity index (χ0v) is 29.9. The SMILES string of the molecule is CC(=O)NCCC[Si](C)(C)O[Si](C)(C)CSc1ncc(COCCOCCOCCOCCOCCOCCN=[N+]=[N-])cn1. The lowest BCUT2D eigenvalue weighted by Crippen LogP contribution is -2.46. The molecule has 0 aliphatic heterocycles. The van der Waals surface area contributed by atoms with Gasteiger partial charge in [0.15, 0.2) is 21.8 Å². The van der Waals surface area contributed by atoms with Gasteiger partial charge in [-0.05, 0) is 44.2 Å². The first-order valence-corrected chi connectivity index (χ1v) is 22.2. The van der Waals surface area contributed by atoms with Gasteiger partial charge in [-0.15, -0.1) is 0 Å². The highest BCUT2D eigenvalue weighted by atomic mass is 32.2. The molecule has 252 valence electrons. The minimum Gasteiger partial charge on any atom is -0.455 e. The standard InChI is InChI=1S/C27H52N6O8SSi2/c1-25(34)29-7-6-20-43(2,3)41-44(4,5)24-42-27-30-21-26(22-31-27)23-40-19-18-39-17-16-38-15-14-37-13-12-36-11-10-35-9-8-32-33-28/h21-22H,6-20,23-24H2,1-5H3,(H,29,34). The van der Waals surface area contributed by atoms with E-state index in [0.29, 0.717) is 92.4 Å². The molecule has 44 heavy (non-hydrogen) atoms. The Morgan fingerprint density at radius 1 is 0.841 bits per heavy atom. The Morgan fingerprint density at radius 3 is 1.84 bits per heavy atom. The van der Waals surface area contributed by atoms with Crippen molar-refractivity contribution in [1.29, 1.82) is 0 Å². The van der Waals surface area contributed by atoms with Crippen LogP contribution in [0, 0.1) is 0 Å². The number of carbonyl (C=O) groups is 1. The number of nitrogens with one attached hydrogen (secondary N) is 1. The van der Waals surface area contributed by atoms with Gasteiger partial charge in [-0.1, -0.05) is 16.9 Å². The third kappa shape index (κ3) is 24.7. The lowest BCUT2D eigenvalue weighted by molar-refractivity contribution is -0.118. The summed E-state index contributed by atoms with van der Waals surface area (Å²) in [5.41, 5.74) is 9.06. The zero-order valence-electron chi connectivity index (χ0n) is 27.1. The first-order valence-electron chi connectivity index (χ1n) is 15.0. The number of amides is 1. The van der Waals surface area contributed by atoms with E-state index in [1.54, 1.807) is 31.1 Å². The average molecular weight is 677 g/mol. The quantitative estimate of drug-likeness (QED) is 0.0248. The van der Waals surface area contributed by atoms with E-state index in [1.807, 2.05) is 0 Å². The number of hydrogen-bond acceptors (Lipinski definition) is 12. The number of rotatable bonds is 29. The molecule has 0 fully saturated rings. The zero-order chi connectivity index (χ0) is 32.4. The van der Waals surface area contributed by atoms with Crippen LogP contribution in [0.4, 0.5) is 0 Å². The lowest BCUT2D eigenvalue weighted by Gasteiger charge is -2.33. The number of hydrogen-bond donors (Lipinski definition) is 1. The highest BCUT2D eigenvalue weighted by Crippen LogP contribution is 2.25. The van der Waals surface area contributed by atoms with Gasteiger partial charge in [-0.25, -0.2) is 9.97 Å². The summed E-state index contributed by atoms with van der Waals surface area (Å²) < 4.78 is 39.4. The molecule has 1 aromatic heterocycles. The molecule has 1 amide bonds. The Bertz CT molecular complexity index is 930. The monoisotopic (exact) mass is 676 g/mol. The van der Waals surface area contributed by atoms with Crippen molar-refractivity contribution in [3.05, 3.63) is 28.4 Å². The van der Waals surface area contributed by atoms with E-state index >= 15 is 0 Å². The number of ether oxygens (including phenoxy) is 6. The van der Waals surface area contributed by atoms with E-state index in [1.165, 1.54) is 0 Å². The Hall–Kier alpha value is -1.64. The molecule has 0 aromatic carbocycles. The molecular weight excluding hydrogens is 625 g/mol. The molecule has 0 radical (unpaired) electrons. The lowest BCUT2D eigenvalue weighted by atomic mass is 10.4. The first-order chi connectivity index (χ1) is 21.1. The Kier molecular flexibility index (Phi) is 23.4. The number of azide groups is 1. The van der Waals surface area contributed by atoms with Crippen LogP contribution in [0.5, 0.6) is 0 Å². The fraction of sp³-hybridized carbons (Fsp3) is 0.815. The predicted octanol–water partition coefficient (Wildman–Crippen LogP) is 3.97. The van der Waals surface area contributed by atoms with Gasteiger partial charge in [-0.3, -0.25) is 4.79 Å². The van der Waals surface area contributed by atoms with Gasteiger partial charge in [0.05, 0.1) is 79.3 Å². The molecule has 0 aliphatic carbocycles. The molecule has 17 heteroatoms. The van der Waals surface area contributed by atoms with E-state index in [0.717, 1.165) is 28.6 Å². The number of carbonyl (C=O) groups excluding carboxylic acids is 1. The highest BCUT2D eigenvalue weighted by molar-refractivity contribution is 8.00. The molecule has 1 rings (SSSR count). The molecule has 0 bridgehead atoms. The molecule has 0 aliphatic rings. The molecule has 1 heterocycles. The minimum atomic E-state index is -1.89. The fourth-order valence-electron chi connectivity index (χ4n) is 3.78. The van der Waals surface area contributed by atoms with Gasteiger partial charge in [0.2, 0.25) is 5.91 Å². The molecule has 0 spiro atoms. The third-order valence-corrected chi connectivity index (χ3v) is 15.4. The number of nitrogens with zero attached hydrogens (tertiary/aromatic N) is 5. The van der Waals surface area contributed by atoms with E-state index in [9.17, 15) is 4.79 Å². The average Bonchev–Trinajstić information content (AvgIpc) is 2.97. The summed E-state index contributed by atoms with van der Waals surface area (Å²) in [7, 11) is -3.69. The van der Waals surface area contributed by atoms with E-state index in [-0.39, 0.29) is 5.91 Å². The Balaban J connectivity index is 1.99. The van der Waals surface area contributed by atoms with Crippen LogP contribution in [0.15, 0.2) is 22.7 Å². The molecular formula is C27H52N6O8SSi2. The van der Waals surface area contributed by atoms with Gasteiger partial charge in [0.25, 0.3) is 0 Å². The van der Waals surface area contributed by atoms with Crippen molar-refractivity contribution < 1.29 is 37.3 Å². The maximum Gasteiger partial charge on any atom is 0.216 e. The summed E-state index contributed by atoms with van der Waals surface area (Å²) in [5.74, 6) is 0.0138. The Morgan fingerprint density at radius 2 is 1.34 bits per heavy atom. The third-order valence-electron chi connectivity index (χ3n) is 5.64. The van der Waals surface area contributed by atoms with Crippen LogP contribution in [0.2, 0.25) is 32.2 Å². The van der Waals surface area contributed by atoms with Crippen molar-refractivity contribution >= 4 is 34.3 Å². The Labute approximate surface area is 268 Å². The minimum absolute atomic E-state index is 0.0138. The van der Waals surface area contributed by atoms with Crippen molar-refractivity contribution in [1.82, 2.24) is 15.3 Å². The van der Waals surface area contributed by atoms with Crippen molar-refractivity contribution in [2.45, 2.75) is 57.3 Å². The van der Waals surface area contributed by atoms with E-state index < -0.39 is 16.6 Å². The molecule has 14 nitrogen and oxygen atoms in total. The van der Waals surface area contributed by atoms with Crippen molar-refractivity contribution in [2.24, 2.45) is 5.11 Å². The van der Waals surface area contributed by atoms with Crippen LogP contribution in [0.1, 0.15) is 18.9 Å². The molecule has 0 saturated carbocycles. The molecule has 0 saturated heterocycles. The van der Waals surface area contributed by atoms with Crippen molar-refractivity contribution in [3.63, 3.8) is 0 Å². The maximum atomic E-state index is 11.1. The van der Waals surface area contributed by atoms with Crippen molar-refractivity contribution in [2.75, 3.05) is 91.1 Å². The topological polar surface area (TPSA) is 168 Å². The highest BCUT2D eigenvalue weighted by Gasteiger charge is 2.33. The summed E-state index contributed by atoms with van der Waals surface area (Å²) in [5, 5.41) is 7.86. The summed E-state index contributed by atoms with van der Waals surface area (Å²) in [6.07, 6.45) is 4.55. The van der Waals surface area contributed by atoms with E-state index in [2.05, 4.69) is 51.5 Å². The van der Waals surface area contributed by atoms with Gasteiger partial charge >= 0.3 is 0 Å². The summed E-state index contributed by atoms with van der Waals surface area (Å²) in [6.45, 7) is 17.2. The molecule has 1 N–H and O–H groups in total. The normalized spacial score (nSPS) is 11.8. The van der Waals surface area contributed by atoms with Crippen LogP contribution in [0.3, 0.4) is 0 Å². The summed E-state index contributed by atoms with van der Waals surface area (Å²) >= 11 is 1.64. The van der Waals surface area contributed by atoms with Gasteiger partial charge < -0.3 is 37.9 Å². The smallest absolute Gasteiger partial charge is 0.216 e. The van der Waals surface area contributed by atoms with E-state index in [4.69, 9.17) is 38.1 Å². The second kappa shape index (κ2) is 25.5. The summed E-state index contributed by atoms with van der Waals surface area (Å²) in [6, 6.07) is 1.02. The van der Waals surface area contributed by atoms with Gasteiger partial charge in [-0.2, -0.15) is 0 Å². The molecule has 0 atom stereocenters. The van der Waals surface area contributed by atoms with Crippen LogP contribution >= 0.6 is 11.8 Å². The van der Waals surface area contributed by atoms with Gasteiger partial charge in [0.1, 0.15) is 0 Å². The second-order valence-corrected chi connectivity index (χ2v) is 21.1. The number of thioether (sulfide) groups is 1. The van der Waals surface area contributed by atoms with Crippen LogP contribution < -0.4 is 5.32 Å². The maximum absolute atomic E-state index is 11.1. The van der Waals surface area contributed by atoms with Crippen LogP contribution in [-0.2, 0) is 43.9 Å². The largest absolute Gasteiger partial charge is 0.455 e. The predicted molar refractivity (Wildman–Crippen MR) is 175 cm³/mol. The fourth-order valence-corrected chi connectivity index (χ4v) is 14.1. The molecule has 0 unspecified atom stereocenters. The van der Waals surface area contributed by atoms with Crippen molar-refractivity contribution in [3.8, 4) is 0 Å². The van der Waals surface area contributed by atoms with Gasteiger partial charge in [0, 0.05) is 48.3 Å². The second-order valence-electron chi connectivity index (χ2n) is 10.9. The summed E-state index contributed by atoms with van der Waals surface area (Å²) in [4.78, 5) is 22.7. The van der Waals surface area contributed by atoms with Crippen LogP contribution in [0.25, 0.3) is 10.4 Å². The van der Waals surface area contributed by atoms with Crippen LogP contribution in [-0.4, -0.2) is 124 Å². The number of aromatic nitrogens is 2.